The molecule has 3 rings (SSSR count). The van der Waals surface area contributed by atoms with Gasteiger partial charge in [-0.25, -0.2) is 4.99 Å². The number of hydrogen-bond acceptors (Lipinski definition) is 7. The summed E-state index contributed by atoms with van der Waals surface area (Å²) in [6.45, 7) is 6.05. The normalized spacial score (nSPS) is 23.8. The summed E-state index contributed by atoms with van der Waals surface area (Å²) in [5.41, 5.74) is 3.22. The summed E-state index contributed by atoms with van der Waals surface area (Å²) in [7, 11) is 0. The van der Waals surface area contributed by atoms with Gasteiger partial charge < -0.3 is 15.0 Å². The van der Waals surface area contributed by atoms with Crippen molar-refractivity contribution in [3.63, 3.8) is 0 Å². The van der Waals surface area contributed by atoms with E-state index in [-0.39, 0.29) is 18.1 Å². The molecule has 25 heavy (non-hydrogen) atoms. The van der Waals surface area contributed by atoms with Crippen LogP contribution in [0.1, 0.15) is 33.1 Å². The Morgan fingerprint density at radius 1 is 1.52 bits per heavy atom. The van der Waals surface area contributed by atoms with Crippen molar-refractivity contribution >= 4 is 39.7 Å². The molecule has 0 aromatic carbocycles. The van der Waals surface area contributed by atoms with Crippen LogP contribution in [0, 0.1) is 0 Å². The van der Waals surface area contributed by atoms with Gasteiger partial charge in [0, 0.05) is 26.1 Å². The number of rotatable bonds is 6. The van der Waals surface area contributed by atoms with Crippen LogP contribution in [-0.4, -0.2) is 53.7 Å². The van der Waals surface area contributed by atoms with Gasteiger partial charge in [0.25, 0.3) is 5.91 Å². The van der Waals surface area contributed by atoms with E-state index in [0.29, 0.717) is 30.4 Å². The van der Waals surface area contributed by atoms with Gasteiger partial charge in [-0.15, -0.1) is 10.2 Å². The Morgan fingerprint density at radius 2 is 2.36 bits per heavy atom. The van der Waals surface area contributed by atoms with Gasteiger partial charge in [0.15, 0.2) is 0 Å². The van der Waals surface area contributed by atoms with E-state index in [1.165, 1.54) is 11.3 Å². The van der Waals surface area contributed by atoms with Crippen LogP contribution in [0.15, 0.2) is 21.2 Å². The smallest absolute Gasteiger partial charge is 0.266 e. The number of nitrogens with one attached hydrogen (secondary N) is 1. The summed E-state index contributed by atoms with van der Waals surface area (Å²) in [6, 6.07) is -0.0521. The molecule has 0 unspecified atom stereocenters. The third-order valence-electron chi connectivity index (χ3n) is 4.47. The second-order valence-electron chi connectivity index (χ2n) is 6.01. The van der Waals surface area contributed by atoms with E-state index < -0.39 is 0 Å². The fourth-order valence-corrected chi connectivity index (χ4v) is 4.01. The second kappa shape index (κ2) is 8.25. The number of piperidine rings is 1. The molecule has 1 amide bonds. The van der Waals surface area contributed by atoms with E-state index in [4.69, 9.17) is 16.3 Å². The van der Waals surface area contributed by atoms with Gasteiger partial charge in [0.1, 0.15) is 16.4 Å². The van der Waals surface area contributed by atoms with Gasteiger partial charge >= 0.3 is 0 Å². The zero-order valence-electron chi connectivity index (χ0n) is 14.4. The van der Waals surface area contributed by atoms with Crippen molar-refractivity contribution in [1.82, 2.24) is 15.5 Å². The predicted octanol–water partition coefficient (Wildman–Crippen LogP) is 2.34. The predicted molar refractivity (Wildman–Crippen MR) is 99.3 cm³/mol. The molecule has 7 nitrogen and oxygen atoms in total. The standard InChI is InChI=1S/C16H22ClN5O2S/c1-3-10-7-12(19-14(10)17)15(23)20-11-5-6-22(8-13(11)24-4-2)16-21-18-9-25-16/h9,11,13H,3-8H2,1-2H3,(H,20,23)/t11-,13+/m1/s1. The monoisotopic (exact) mass is 383 g/mol. The first kappa shape index (κ1) is 18.3. The largest absolute Gasteiger partial charge is 0.375 e. The fraction of sp³-hybridized carbons (Fsp3) is 0.625. The first-order chi connectivity index (χ1) is 12.1. The number of nitrogens with zero attached hydrogens (tertiary/aromatic N) is 4. The van der Waals surface area contributed by atoms with Crippen LogP contribution in [0.25, 0.3) is 0 Å². The molecule has 9 heteroatoms. The number of amides is 1. The average molecular weight is 384 g/mol. The van der Waals surface area contributed by atoms with Gasteiger partial charge in [0.2, 0.25) is 5.13 Å². The van der Waals surface area contributed by atoms with E-state index in [0.717, 1.165) is 30.1 Å². The van der Waals surface area contributed by atoms with Gasteiger partial charge in [0.05, 0.1) is 12.1 Å². The number of ether oxygens (including phenoxy) is 1. The third kappa shape index (κ3) is 4.19. The lowest BCUT2D eigenvalue weighted by atomic mass is 10.0. The Kier molecular flexibility index (Phi) is 6.03. The van der Waals surface area contributed by atoms with Crippen LogP contribution in [0.5, 0.6) is 0 Å². The summed E-state index contributed by atoms with van der Waals surface area (Å²) in [5, 5.41) is 12.4. The Bertz CT molecular complexity index is 676. The first-order valence-corrected chi connectivity index (χ1v) is 9.76. The SMILES string of the molecule is CCO[C@H]1CN(c2nncs2)CC[C@H]1NC(=O)C1=NC(Cl)=C(CC)C1. The fourth-order valence-electron chi connectivity index (χ4n) is 3.11. The highest BCUT2D eigenvalue weighted by Crippen LogP contribution is 2.26. The maximum absolute atomic E-state index is 12.6. The van der Waals surface area contributed by atoms with Crippen LogP contribution in [0.4, 0.5) is 5.13 Å². The van der Waals surface area contributed by atoms with Crippen molar-refractivity contribution in [3.05, 3.63) is 16.2 Å². The Balaban J connectivity index is 1.62. The minimum absolute atomic E-state index is 0.0521. The summed E-state index contributed by atoms with van der Waals surface area (Å²) in [5.74, 6) is -0.152. The molecule has 2 aliphatic heterocycles. The van der Waals surface area contributed by atoms with Crippen molar-refractivity contribution in [3.8, 4) is 0 Å². The molecular formula is C16H22ClN5O2S. The van der Waals surface area contributed by atoms with E-state index in [9.17, 15) is 4.79 Å². The van der Waals surface area contributed by atoms with E-state index in [2.05, 4.69) is 25.4 Å². The number of carbonyl (C=O) groups excluding carboxylic acids is 1. The zero-order chi connectivity index (χ0) is 17.8. The summed E-state index contributed by atoms with van der Waals surface area (Å²) >= 11 is 7.59. The van der Waals surface area contributed by atoms with Crippen molar-refractivity contribution in [2.75, 3.05) is 24.6 Å². The molecule has 1 saturated heterocycles. The van der Waals surface area contributed by atoms with Gasteiger partial charge in [-0.2, -0.15) is 0 Å². The summed E-state index contributed by atoms with van der Waals surface area (Å²) in [6.07, 6.45) is 2.03. The topological polar surface area (TPSA) is 79.7 Å². The number of aromatic nitrogens is 2. The van der Waals surface area contributed by atoms with E-state index in [1.54, 1.807) is 5.51 Å². The van der Waals surface area contributed by atoms with Crippen LogP contribution >= 0.6 is 22.9 Å². The van der Waals surface area contributed by atoms with Crippen LogP contribution in [-0.2, 0) is 9.53 Å². The number of anilines is 1. The van der Waals surface area contributed by atoms with Crippen molar-refractivity contribution in [1.29, 1.82) is 0 Å². The van der Waals surface area contributed by atoms with E-state index in [1.807, 2.05) is 13.8 Å². The maximum Gasteiger partial charge on any atom is 0.266 e. The Morgan fingerprint density at radius 3 is 3.00 bits per heavy atom. The molecule has 1 aromatic heterocycles. The molecule has 0 radical (unpaired) electrons. The molecular weight excluding hydrogens is 362 g/mol. The Labute approximate surface area is 156 Å². The highest BCUT2D eigenvalue weighted by molar-refractivity contribution is 7.13. The number of halogens is 1. The molecule has 2 atom stereocenters. The summed E-state index contributed by atoms with van der Waals surface area (Å²) < 4.78 is 5.87. The Hall–Kier alpha value is -1.51. The van der Waals surface area contributed by atoms with Crippen LogP contribution in [0.3, 0.4) is 0 Å². The molecule has 3 heterocycles. The van der Waals surface area contributed by atoms with Gasteiger partial charge in [-0.3, -0.25) is 4.79 Å². The highest BCUT2D eigenvalue weighted by Gasteiger charge is 2.33. The molecule has 136 valence electrons. The molecule has 1 aromatic rings. The maximum atomic E-state index is 12.6. The molecule has 0 aliphatic carbocycles. The minimum Gasteiger partial charge on any atom is -0.375 e. The van der Waals surface area contributed by atoms with Crippen molar-refractivity contribution in [2.24, 2.45) is 4.99 Å². The number of allylic oxidation sites excluding steroid dienone is 1. The van der Waals surface area contributed by atoms with Crippen molar-refractivity contribution < 1.29 is 9.53 Å². The third-order valence-corrected chi connectivity index (χ3v) is 5.57. The zero-order valence-corrected chi connectivity index (χ0v) is 15.9. The van der Waals surface area contributed by atoms with E-state index >= 15 is 0 Å². The quantitative estimate of drug-likeness (QED) is 0.762. The average Bonchev–Trinajstić information content (AvgIpc) is 3.26. The molecule has 1 N–H and O–H groups in total. The molecule has 2 aliphatic rings. The lowest BCUT2D eigenvalue weighted by molar-refractivity contribution is -0.117. The molecule has 0 bridgehead atoms. The number of carbonyl (C=O) groups is 1. The van der Waals surface area contributed by atoms with Crippen LogP contribution in [0.2, 0.25) is 0 Å². The molecule has 1 fully saturated rings. The second-order valence-corrected chi connectivity index (χ2v) is 7.18. The minimum atomic E-state index is -0.152. The summed E-state index contributed by atoms with van der Waals surface area (Å²) in [4.78, 5) is 18.9. The lowest BCUT2D eigenvalue weighted by Crippen LogP contribution is -2.56. The number of hydrogen-bond donors (Lipinski definition) is 1. The highest BCUT2D eigenvalue weighted by atomic mass is 35.5. The van der Waals surface area contributed by atoms with Gasteiger partial charge in [-0.05, 0) is 25.3 Å². The van der Waals surface area contributed by atoms with Crippen LogP contribution < -0.4 is 10.2 Å². The van der Waals surface area contributed by atoms with Gasteiger partial charge in [-0.1, -0.05) is 29.9 Å². The number of aliphatic imine (C=N–C) groups is 1. The first-order valence-electron chi connectivity index (χ1n) is 8.51. The van der Waals surface area contributed by atoms with Crippen molar-refractivity contribution in [2.45, 2.75) is 45.3 Å². The lowest BCUT2D eigenvalue weighted by Gasteiger charge is -2.38. The molecule has 0 spiro atoms. The molecule has 0 saturated carbocycles.